The van der Waals surface area contributed by atoms with Crippen molar-refractivity contribution in [1.29, 1.82) is 0 Å². The van der Waals surface area contributed by atoms with Gasteiger partial charge in [0.25, 0.3) is 5.91 Å². The number of para-hydroxylation sites is 2. The van der Waals surface area contributed by atoms with E-state index in [4.69, 9.17) is 14.5 Å². The molecule has 5 rings (SSSR count). The second-order valence-electron chi connectivity index (χ2n) is 9.89. The molecule has 3 N–H and O–H groups in total. The number of aromatic hydroxyl groups is 1. The number of phenols is 1. The van der Waals surface area contributed by atoms with Crippen molar-refractivity contribution in [1.82, 2.24) is 24.8 Å². The number of hydrogen-bond acceptors (Lipinski definition) is 6. The normalized spacial score (nSPS) is 12.2. The summed E-state index contributed by atoms with van der Waals surface area (Å²) in [6.07, 6.45) is 1.99. The number of nitrogens with zero attached hydrogens (tertiary/aromatic N) is 3. The molecule has 9 heteroatoms. The highest BCUT2D eigenvalue weighted by Gasteiger charge is 2.20. The number of carbonyl (C=O) groups is 1. The third kappa shape index (κ3) is 5.59. The van der Waals surface area contributed by atoms with E-state index in [0.29, 0.717) is 30.0 Å². The van der Waals surface area contributed by atoms with Crippen molar-refractivity contribution in [2.45, 2.75) is 45.6 Å². The van der Waals surface area contributed by atoms with Gasteiger partial charge in [-0.2, -0.15) is 0 Å². The number of nitrogens with one attached hydrogen (secondary N) is 2. The van der Waals surface area contributed by atoms with E-state index < -0.39 is 0 Å². The monoisotopic (exact) mass is 541 g/mol. The lowest BCUT2D eigenvalue weighted by Crippen LogP contribution is -2.28. The lowest BCUT2D eigenvalue weighted by molar-refractivity contribution is 0.0946. The average Bonchev–Trinajstić information content (AvgIpc) is 3.54. The van der Waals surface area contributed by atoms with Gasteiger partial charge in [0.05, 0.1) is 40.6 Å². The van der Waals surface area contributed by atoms with E-state index >= 15 is 0 Å². The van der Waals surface area contributed by atoms with Crippen LogP contribution in [0, 0.1) is 0 Å². The summed E-state index contributed by atoms with van der Waals surface area (Å²) in [5.74, 6) is 2.83. The molecule has 0 fully saturated rings. The standard InChI is InChI=1S/C31H35N5O4/c1-5-22(6-2)40-28-10-8-7-9-27(28)39-16-15-32-31(38)20-11-13-24-26(17-20)36(4)30(35-24)19(3)29-33-23-14-12-21(37)18-25(23)34-29/h7-14,17-19,22,37H,5-6,15-16H2,1-4H3,(H,32,38)(H,33,34). The summed E-state index contributed by atoms with van der Waals surface area (Å²) in [6, 6.07) is 18.2. The third-order valence-electron chi connectivity index (χ3n) is 7.16. The molecule has 9 nitrogen and oxygen atoms in total. The predicted molar refractivity (Wildman–Crippen MR) is 155 cm³/mol. The van der Waals surface area contributed by atoms with Crippen LogP contribution < -0.4 is 14.8 Å². The number of rotatable bonds is 11. The molecular formula is C31H35N5O4. The molecule has 0 aliphatic rings. The van der Waals surface area contributed by atoms with Crippen molar-refractivity contribution >= 4 is 28.0 Å². The molecule has 1 amide bonds. The molecular weight excluding hydrogens is 506 g/mol. The van der Waals surface area contributed by atoms with Gasteiger partial charge in [0.1, 0.15) is 24.0 Å². The van der Waals surface area contributed by atoms with Gasteiger partial charge in [-0.05, 0) is 62.2 Å². The minimum atomic E-state index is -0.181. The molecule has 1 atom stereocenters. The fraction of sp³-hybridized carbons (Fsp3) is 0.323. The SMILES string of the molecule is CCC(CC)Oc1ccccc1OCCNC(=O)c1ccc2nc(C(C)c3nc4cc(O)ccc4[nH]3)n(C)c2c1. The van der Waals surface area contributed by atoms with Gasteiger partial charge in [0.2, 0.25) is 0 Å². The first-order valence-electron chi connectivity index (χ1n) is 13.7. The Hall–Kier alpha value is -4.53. The van der Waals surface area contributed by atoms with Crippen molar-refractivity contribution < 1.29 is 19.4 Å². The van der Waals surface area contributed by atoms with Crippen molar-refractivity contribution in [2.75, 3.05) is 13.2 Å². The van der Waals surface area contributed by atoms with Crippen molar-refractivity contribution in [3.8, 4) is 17.2 Å². The second kappa shape index (κ2) is 11.7. The Morgan fingerprint density at radius 1 is 1.02 bits per heavy atom. The Bertz CT molecular complexity index is 1640. The lowest BCUT2D eigenvalue weighted by Gasteiger charge is -2.18. The molecule has 1 unspecified atom stereocenters. The molecule has 2 aromatic heterocycles. The molecule has 0 bridgehead atoms. The lowest BCUT2D eigenvalue weighted by atomic mass is 10.1. The van der Waals surface area contributed by atoms with Gasteiger partial charge in [0, 0.05) is 18.7 Å². The molecule has 0 spiro atoms. The molecule has 2 heterocycles. The maximum Gasteiger partial charge on any atom is 0.251 e. The highest BCUT2D eigenvalue weighted by Crippen LogP contribution is 2.29. The van der Waals surface area contributed by atoms with Crippen LogP contribution in [0.4, 0.5) is 0 Å². The number of aryl methyl sites for hydroxylation is 1. The van der Waals surface area contributed by atoms with Gasteiger partial charge in [-0.25, -0.2) is 9.97 Å². The first-order valence-corrected chi connectivity index (χ1v) is 13.7. The summed E-state index contributed by atoms with van der Waals surface area (Å²) in [4.78, 5) is 25.7. The van der Waals surface area contributed by atoms with Crippen molar-refractivity contribution in [3.63, 3.8) is 0 Å². The zero-order valence-corrected chi connectivity index (χ0v) is 23.3. The van der Waals surface area contributed by atoms with E-state index in [1.807, 2.05) is 54.9 Å². The van der Waals surface area contributed by atoms with Gasteiger partial charge in [-0.1, -0.05) is 26.0 Å². The number of hydrogen-bond donors (Lipinski definition) is 3. The van der Waals surface area contributed by atoms with Crippen LogP contribution in [0.1, 0.15) is 61.5 Å². The van der Waals surface area contributed by atoms with E-state index in [1.54, 1.807) is 24.3 Å². The Morgan fingerprint density at radius 3 is 2.58 bits per heavy atom. The van der Waals surface area contributed by atoms with Gasteiger partial charge < -0.3 is 29.4 Å². The van der Waals surface area contributed by atoms with Crippen LogP contribution in [-0.2, 0) is 7.05 Å². The minimum absolute atomic E-state index is 0.127. The Kier molecular flexibility index (Phi) is 7.91. The number of imidazole rings is 2. The number of amides is 1. The summed E-state index contributed by atoms with van der Waals surface area (Å²) in [6.45, 7) is 6.90. The zero-order valence-electron chi connectivity index (χ0n) is 23.3. The molecule has 40 heavy (non-hydrogen) atoms. The number of benzene rings is 3. The number of fused-ring (bicyclic) bond motifs is 2. The molecule has 0 aliphatic carbocycles. The van der Waals surface area contributed by atoms with E-state index in [-0.39, 0.29) is 23.7 Å². The number of ether oxygens (including phenoxy) is 2. The number of H-pyrrole nitrogens is 1. The molecule has 3 aromatic carbocycles. The second-order valence-corrected chi connectivity index (χ2v) is 9.89. The van der Waals surface area contributed by atoms with E-state index in [9.17, 15) is 9.90 Å². The third-order valence-corrected chi connectivity index (χ3v) is 7.16. The zero-order chi connectivity index (χ0) is 28.2. The largest absolute Gasteiger partial charge is 0.508 e. The smallest absolute Gasteiger partial charge is 0.251 e. The Morgan fingerprint density at radius 2 is 1.80 bits per heavy atom. The minimum Gasteiger partial charge on any atom is -0.508 e. The van der Waals surface area contributed by atoms with E-state index in [1.165, 1.54) is 0 Å². The summed E-state index contributed by atoms with van der Waals surface area (Å²) in [7, 11) is 1.94. The van der Waals surface area contributed by atoms with Crippen LogP contribution in [0.2, 0.25) is 0 Å². The maximum atomic E-state index is 12.9. The summed E-state index contributed by atoms with van der Waals surface area (Å²) >= 11 is 0. The average molecular weight is 542 g/mol. The fourth-order valence-electron chi connectivity index (χ4n) is 4.81. The number of carbonyl (C=O) groups excluding carboxylic acids is 1. The van der Waals surface area contributed by atoms with Crippen LogP contribution in [0.3, 0.4) is 0 Å². The molecule has 0 radical (unpaired) electrons. The van der Waals surface area contributed by atoms with Gasteiger partial charge >= 0.3 is 0 Å². The summed E-state index contributed by atoms with van der Waals surface area (Å²) in [5.41, 5.74) is 3.75. The van der Waals surface area contributed by atoms with Crippen molar-refractivity contribution in [3.05, 3.63) is 77.9 Å². The summed E-state index contributed by atoms with van der Waals surface area (Å²) in [5, 5.41) is 12.7. The van der Waals surface area contributed by atoms with Crippen LogP contribution >= 0.6 is 0 Å². The summed E-state index contributed by atoms with van der Waals surface area (Å²) < 4.78 is 14.0. The van der Waals surface area contributed by atoms with Gasteiger partial charge in [-0.3, -0.25) is 4.79 Å². The fourth-order valence-corrected chi connectivity index (χ4v) is 4.81. The maximum absolute atomic E-state index is 12.9. The van der Waals surface area contributed by atoms with Crippen LogP contribution in [-0.4, -0.2) is 49.8 Å². The first-order chi connectivity index (χ1) is 19.4. The van der Waals surface area contributed by atoms with E-state index in [2.05, 4.69) is 29.1 Å². The van der Waals surface area contributed by atoms with Crippen LogP contribution in [0.25, 0.3) is 22.1 Å². The highest BCUT2D eigenvalue weighted by atomic mass is 16.5. The van der Waals surface area contributed by atoms with E-state index in [0.717, 1.165) is 46.8 Å². The molecule has 0 aliphatic heterocycles. The predicted octanol–water partition coefficient (Wildman–Crippen LogP) is 5.68. The highest BCUT2D eigenvalue weighted by molar-refractivity contribution is 5.97. The Labute approximate surface area is 233 Å². The first kappa shape index (κ1) is 27.1. The Balaban J connectivity index is 1.24. The quantitative estimate of drug-likeness (QED) is 0.185. The topological polar surface area (TPSA) is 114 Å². The van der Waals surface area contributed by atoms with Gasteiger partial charge in [-0.15, -0.1) is 0 Å². The van der Waals surface area contributed by atoms with Crippen molar-refractivity contribution in [2.24, 2.45) is 7.05 Å². The van der Waals surface area contributed by atoms with Crippen LogP contribution in [0.15, 0.2) is 60.7 Å². The molecule has 5 aromatic rings. The van der Waals surface area contributed by atoms with Gasteiger partial charge in [0.15, 0.2) is 11.5 Å². The number of phenolic OH excluding ortho intramolecular Hbond substituents is 1. The molecule has 0 saturated heterocycles. The number of aromatic nitrogens is 4. The molecule has 208 valence electrons. The molecule has 0 saturated carbocycles. The van der Waals surface area contributed by atoms with Crippen LogP contribution in [0.5, 0.6) is 17.2 Å². The number of aromatic amines is 1.